The molecule has 6 nitrogen and oxygen atoms in total. The average Bonchev–Trinajstić information content (AvgIpc) is 3.14. The van der Waals surface area contributed by atoms with Crippen LogP contribution >= 0.6 is 39.0 Å². The Hall–Kier alpha value is -1.58. The van der Waals surface area contributed by atoms with Gasteiger partial charge in [0.05, 0.1) is 18.4 Å². The van der Waals surface area contributed by atoms with E-state index in [1.807, 2.05) is 30.5 Å². The van der Waals surface area contributed by atoms with E-state index in [9.17, 15) is 0 Å². The first kappa shape index (κ1) is 16.3. The quantitative estimate of drug-likeness (QED) is 0.511. The van der Waals surface area contributed by atoms with Gasteiger partial charge in [-0.3, -0.25) is 0 Å². The highest BCUT2D eigenvalue weighted by molar-refractivity contribution is 9.10. The maximum Gasteiger partial charge on any atom is 0.210 e. The number of thiazole rings is 1. The predicted octanol–water partition coefficient (Wildman–Crippen LogP) is 3.49. The van der Waals surface area contributed by atoms with E-state index in [0.717, 1.165) is 26.5 Å². The zero-order valence-corrected chi connectivity index (χ0v) is 15.7. The van der Waals surface area contributed by atoms with Gasteiger partial charge in [-0.1, -0.05) is 27.7 Å². The number of hydrogen-bond donors (Lipinski definition) is 1. The molecule has 0 aliphatic heterocycles. The summed E-state index contributed by atoms with van der Waals surface area (Å²) in [6.07, 6.45) is 0. The Morgan fingerprint density at radius 3 is 2.91 bits per heavy atom. The number of thioether (sulfide) groups is 1. The summed E-state index contributed by atoms with van der Waals surface area (Å²) >= 11 is 6.58. The van der Waals surface area contributed by atoms with Gasteiger partial charge in [-0.15, -0.1) is 21.5 Å². The summed E-state index contributed by atoms with van der Waals surface area (Å²) in [5.74, 6) is 8.02. The molecule has 0 saturated carbocycles. The van der Waals surface area contributed by atoms with Gasteiger partial charge in [-0.05, 0) is 25.1 Å². The SMILES string of the molecule is COc1ccc(Br)cc1-c1nc(CSc2nnc(C)n2N)cs1. The molecule has 2 aromatic heterocycles. The normalized spacial score (nSPS) is 10.9. The van der Waals surface area contributed by atoms with Crippen molar-refractivity contribution in [2.45, 2.75) is 17.8 Å². The molecule has 3 aromatic rings. The Labute approximate surface area is 150 Å². The number of nitrogens with two attached hydrogens (primary N) is 1. The van der Waals surface area contributed by atoms with Crippen molar-refractivity contribution in [3.63, 3.8) is 0 Å². The molecule has 0 spiro atoms. The summed E-state index contributed by atoms with van der Waals surface area (Å²) in [5.41, 5.74) is 1.94. The lowest BCUT2D eigenvalue weighted by Crippen LogP contribution is -2.11. The molecule has 0 aliphatic carbocycles. The molecule has 23 heavy (non-hydrogen) atoms. The second-order valence-corrected chi connectivity index (χ2v) is 7.39. The number of hydrogen-bond acceptors (Lipinski definition) is 7. The van der Waals surface area contributed by atoms with E-state index in [1.54, 1.807) is 18.4 Å². The molecule has 2 heterocycles. The molecule has 0 bridgehead atoms. The summed E-state index contributed by atoms with van der Waals surface area (Å²) in [4.78, 5) is 4.68. The number of nitrogen functional groups attached to an aromatic ring is 1. The molecule has 9 heteroatoms. The summed E-state index contributed by atoms with van der Waals surface area (Å²) in [5, 5.41) is 11.6. The van der Waals surface area contributed by atoms with Crippen LogP contribution in [-0.2, 0) is 5.75 Å². The van der Waals surface area contributed by atoms with Crippen molar-refractivity contribution in [2.24, 2.45) is 0 Å². The molecule has 0 atom stereocenters. The minimum Gasteiger partial charge on any atom is -0.496 e. The van der Waals surface area contributed by atoms with Crippen molar-refractivity contribution >= 4 is 39.0 Å². The summed E-state index contributed by atoms with van der Waals surface area (Å²) in [6, 6.07) is 5.88. The number of methoxy groups -OCH3 is 1. The fourth-order valence-corrected chi connectivity index (χ4v) is 4.03. The number of benzene rings is 1. The van der Waals surface area contributed by atoms with Crippen molar-refractivity contribution in [2.75, 3.05) is 13.0 Å². The third-order valence-electron chi connectivity index (χ3n) is 3.13. The standard InChI is InChI=1S/C14H14BrN5OS2/c1-8-18-19-14(20(8)16)23-7-10-6-22-13(17-10)11-5-9(15)3-4-12(11)21-2/h3-6H,7,16H2,1-2H3. The maximum atomic E-state index is 5.85. The molecular weight excluding hydrogens is 398 g/mol. The topological polar surface area (TPSA) is 78.9 Å². The Morgan fingerprint density at radius 1 is 1.39 bits per heavy atom. The van der Waals surface area contributed by atoms with Crippen LogP contribution in [0.1, 0.15) is 11.5 Å². The lowest BCUT2D eigenvalue weighted by atomic mass is 10.2. The van der Waals surface area contributed by atoms with Crippen LogP contribution in [0.25, 0.3) is 10.6 Å². The molecule has 1 aromatic carbocycles. The monoisotopic (exact) mass is 411 g/mol. The van der Waals surface area contributed by atoms with Gasteiger partial charge >= 0.3 is 0 Å². The van der Waals surface area contributed by atoms with Crippen LogP contribution < -0.4 is 10.6 Å². The van der Waals surface area contributed by atoms with Crippen molar-refractivity contribution < 1.29 is 4.74 Å². The number of aryl methyl sites for hydroxylation is 1. The predicted molar refractivity (Wildman–Crippen MR) is 96.3 cm³/mol. The summed E-state index contributed by atoms with van der Waals surface area (Å²) in [7, 11) is 1.66. The van der Waals surface area contributed by atoms with E-state index in [-0.39, 0.29) is 0 Å². The summed E-state index contributed by atoms with van der Waals surface area (Å²) in [6.45, 7) is 1.82. The van der Waals surface area contributed by atoms with E-state index < -0.39 is 0 Å². The van der Waals surface area contributed by atoms with Crippen LogP contribution in [0.4, 0.5) is 0 Å². The van der Waals surface area contributed by atoms with E-state index in [2.05, 4.69) is 31.1 Å². The Balaban J connectivity index is 1.78. The number of rotatable bonds is 5. The van der Waals surface area contributed by atoms with Gasteiger partial charge in [0.1, 0.15) is 16.6 Å². The lowest BCUT2D eigenvalue weighted by molar-refractivity contribution is 0.416. The van der Waals surface area contributed by atoms with Gasteiger partial charge in [0, 0.05) is 15.6 Å². The van der Waals surface area contributed by atoms with Crippen LogP contribution in [0.5, 0.6) is 5.75 Å². The molecule has 0 radical (unpaired) electrons. The van der Waals surface area contributed by atoms with Crippen LogP contribution in [0, 0.1) is 6.92 Å². The Morgan fingerprint density at radius 2 is 2.22 bits per heavy atom. The molecule has 0 fully saturated rings. The average molecular weight is 412 g/mol. The van der Waals surface area contributed by atoms with Crippen LogP contribution in [-0.4, -0.2) is 27.0 Å². The number of aromatic nitrogens is 4. The van der Waals surface area contributed by atoms with Gasteiger partial charge in [-0.25, -0.2) is 9.66 Å². The highest BCUT2D eigenvalue weighted by Gasteiger charge is 2.12. The first-order valence-electron chi connectivity index (χ1n) is 6.66. The van der Waals surface area contributed by atoms with Crippen molar-refractivity contribution in [1.82, 2.24) is 19.9 Å². The van der Waals surface area contributed by atoms with Crippen molar-refractivity contribution in [1.29, 1.82) is 0 Å². The first-order valence-corrected chi connectivity index (χ1v) is 9.32. The fourth-order valence-electron chi connectivity index (χ4n) is 1.93. The Bertz CT molecular complexity index is 832. The van der Waals surface area contributed by atoms with E-state index in [0.29, 0.717) is 16.7 Å². The van der Waals surface area contributed by atoms with Crippen LogP contribution in [0.3, 0.4) is 0 Å². The van der Waals surface area contributed by atoms with Gasteiger partial charge in [0.2, 0.25) is 5.16 Å². The van der Waals surface area contributed by atoms with Crippen molar-refractivity contribution in [3.8, 4) is 16.3 Å². The fraction of sp³-hybridized carbons (Fsp3) is 0.214. The van der Waals surface area contributed by atoms with Gasteiger partial charge in [-0.2, -0.15) is 0 Å². The molecule has 0 unspecified atom stereocenters. The second kappa shape index (κ2) is 6.90. The smallest absolute Gasteiger partial charge is 0.210 e. The minimum atomic E-state index is 0.678. The molecule has 0 saturated heterocycles. The molecule has 0 aliphatic rings. The third-order valence-corrected chi connectivity index (χ3v) is 5.52. The van der Waals surface area contributed by atoms with Crippen molar-refractivity contribution in [3.05, 3.63) is 39.6 Å². The third kappa shape index (κ3) is 3.51. The number of ether oxygens (including phenoxy) is 1. The van der Waals surface area contributed by atoms with Gasteiger partial charge in [0.15, 0.2) is 0 Å². The zero-order chi connectivity index (χ0) is 16.4. The summed E-state index contributed by atoms with van der Waals surface area (Å²) < 4.78 is 7.89. The number of halogens is 1. The zero-order valence-electron chi connectivity index (χ0n) is 12.5. The van der Waals surface area contributed by atoms with E-state index >= 15 is 0 Å². The second-order valence-electron chi connectivity index (χ2n) is 4.68. The number of nitrogens with zero attached hydrogens (tertiary/aromatic N) is 4. The molecule has 3 rings (SSSR count). The van der Waals surface area contributed by atoms with Crippen LogP contribution in [0.15, 0.2) is 33.2 Å². The Kier molecular flexibility index (Phi) is 4.88. The first-order chi connectivity index (χ1) is 11.1. The molecular formula is C14H14BrN5OS2. The van der Waals surface area contributed by atoms with E-state index in [1.165, 1.54) is 16.4 Å². The highest BCUT2D eigenvalue weighted by atomic mass is 79.9. The largest absolute Gasteiger partial charge is 0.496 e. The highest BCUT2D eigenvalue weighted by Crippen LogP contribution is 2.35. The van der Waals surface area contributed by atoms with Gasteiger partial charge in [0.25, 0.3) is 0 Å². The molecule has 120 valence electrons. The lowest BCUT2D eigenvalue weighted by Gasteiger charge is -2.06. The van der Waals surface area contributed by atoms with Gasteiger partial charge < -0.3 is 10.6 Å². The minimum absolute atomic E-state index is 0.678. The molecule has 0 amide bonds. The van der Waals surface area contributed by atoms with Crippen LogP contribution in [0.2, 0.25) is 0 Å². The maximum absolute atomic E-state index is 5.85. The van der Waals surface area contributed by atoms with E-state index in [4.69, 9.17) is 10.6 Å². The molecule has 2 N–H and O–H groups in total.